The van der Waals surface area contributed by atoms with Gasteiger partial charge in [0.05, 0.1) is 16.9 Å². The second kappa shape index (κ2) is 16.5. The van der Waals surface area contributed by atoms with Gasteiger partial charge in [-0.05, 0) is 81.6 Å². The largest absolute Gasteiger partial charge is 2.00 e. The van der Waals surface area contributed by atoms with Gasteiger partial charge in [0.15, 0.2) is 0 Å². The minimum absolute atomic E-state index is 0. The van der Waals surface area contributed by atoms with Crippen LogP contribution in [0, 0.1) is 19.1 Å². The third-order valence-electron chi connectivity index (χ3n) is 12.4. The van der Waals surface area contributed by atoms with Crippen molar-refractivity contribution in [3.05, 3.63) is 217 Å². The molecule has 11 aromatic rings. The van der Waals surface area contributed by atoms with Gasteiger partial charge in [-0.3, -0.25) is 9.55 Å². The summed E-state index contributed by atoms with van der Waals surface area (Å²) in [5, 5.41) is 2.28. The number of pyridine rings is 1. The van der Waals surface area contributed by atoms with Gasteiger partial charge in [0.25, 0.3) is 0 Å². The van der Waals surface area contributed by atoms with Crippen LogP contribution in [0.15, 0.2) is 194 Å². The molecular weight excluding hydrogens is 960 g/mol. The van der Waals surface area contributed by atoms with E-state index in [2.05, 4.69) is 231 Å². The van der Waals surface area contributed by atoms with Gasteiger partial charge < -0.3 is 4.57 Å². The van der Waals surface area contributed by atoms with Gasteiger partial charge in [-0.25, -0.2) is 4.98 Å². The molecule has 0 saturated heterocycles. The van der Waals surface area contributed by atoms with E-state index in [1.54, 1.807) is 0 Å². The average Bonchev–Trinajstić information content (AvgIpc) is 3.88. The van der Waals surface area contributed by atoms with Gasteiger partial charge in [0, 0.05) is 16.6 Å². The molecule has 0 spiro atoms. The first-order chi connectivity index (χ1) is 30.8. The number of hydrogen-bond donors (Lipinski definition) is 0. The Hall–Kier alpha value is -7.13. The Morgan fingerprint density at radius 1 is 0.500 bits per heavy atom. The zero-order valence-electron chi connectivity index (χ0n) is 36.1. The molecule has 310 valence electrons. The van der Waals surface area contributed by atoms with E-state index in [0.717, 1.165) is 106 Å². The van der Waals surface area contributed by atoms with Crippen molar-refractivity contribution in [2.24, 2.45) is 0 Å². The Morgan fingerprint density at radius 2 is 1.14 bits per heavy atom. The summed E-state index contributed by atoms with van der Waals surface area (Å²) < 4.78 is 4.68. The van der Waals surface area contributed by atoms with Crippen molar-refractivity contribution in [3.8, 4) is 67.5 Å². The maximum absolute atomic E-state index is 5.80. The molecular formula is C59H44N4Pt. The van der Waals surface area contributed by atoms with Crippen LogP contribution in [0.4, 0.5) is 0 Å². The number of aromatic nitrogens is 4. The van der Waals surface area contributed by atoms with E-state index in [0.29, 0.717) is 0 Å². The van der Waals surface area contributed by atoms with Crippen molar-refractivity contribution < 1.29 is 21.1 Å². The van der Waals surface area contributed by atoms with E-state index in [1.807, 2.05) is 12.1 Å². The van der Waals surface area contributed by atoms with Crippen LogP contribution in [-0.2, 0) is 26.5 Å². The molecule has 3 heterocycles. The maximum atomic E-state index is 5.80. The van der Waals surface area contributed by atoms with Crippen molar-refractivity contribution in [1.29, 1.82) is 0 Å². The van der Waals surface area contributed by atoms with E-state index in [9.17, 15) is 0 Å². The number of rotatable bonds is 7. The van der Waals surface area contributed by atoms with E-state index >= 15 is 0 Å². The molecule has 8 aromatic carbocycles. The first kappa shape index (κ1) is 40.9. The molecule has 11 rings (SSSR count). The standard InChI is InChI=1S/C59H44N4.Pt/c1-39-48(41-23-11-6-12-24-41)38-50(60-56(39)43-27-15-8-16-28-43)46-31-20-34-54-57(46)61-58(63(54)52-36-35-44(59(2,3)4)37-49(52)42-25-13-7-14-26-42)62-51-32-18-17-29-47(51)55-45(30-19-33-53(55)62)40-21-9-5-10-22-40;/h5-27,29-32,34-38H,1-4H3;/q-2;+2. The molecule has 4 nitrogen and oxygen atoms in total. The summed E-state index contributed by atoms with van der Waals surface area (Å²) >= 11 is 0. The zero-order valence-corrected chi connectivity index (χ0v) is 38.4. The van der Waals surface area contributed by atoms with Crippen LogP contribution >= 0.6 is 0 Å². The Kier molecular flexibility index (Phi) is 10.6. The molecule has 64 heavy (non-hydrogen) atoms. The fraction of sp³-hybridized carbons (Fsp3) is 0.0847. The monoisotopic (exact) mass is 1000 g/mol. The zero-order chi connectivity index (χ0) is 42.7. The Balaban J connectivity index is 0.00000484. The summed E-state index contributed by atoms with van der Waals surface area (Å²) in [6.07, 6.45) is 0. The molecule has 5 heteroatoms. The van der Waals surface area contributed by atoms with Crippen LogP contribution < -0.4 is 0 Å². The Morgan fingerprint density at radius 3 is 1.83 bits per heavy atom. The average molecular weight is 1000 g/mol. The van der Waals surface area contributed by atoms with E-state index in [4.69, 9.17) is 9.97 Å². The maximum Gasteiger partial charge on any atom is 2.00 e. The van der Waals surface area contributed by atoms with Crippen LogP contribution in [0.3, 0.4) is 0 Å². The van der Waals surface area contributed by atoms with Crippen molar-refractivity contribution in [2.45, 2.75) is 33.1 Å². The summed E-state index contributed by atoms with van der Waals surface area (Å²) in [5.74, 6) is 0.776. The smallest absolute Gasteiger partial charge is 0.304 e. The molecule has 3 aromatic heterocycles. The van der Waals surface area contributed by atoms with Gasteiger partial charge in [0.1, 0.15) is 5.52 Å². The minimum Gasteiger partial charge on any atom is -0.304 e. The molecule has 0 radical (unpaired) electrons. The Bertz CT molecular complexity index is 3410. The fourth-order valence-electron chi connectivity index (χ4n) is 9.20. The molecule has 0 atom stereocenters. The third kappa shape index (κ3) is 7.00. The molecule has 0 aliphatic carbocycles. The molecule has 0 amide bonds. The Labute approximate surface area is 388 Å². The van der Waals surface area contributed by atoms with Gasteiger partial charge in [-0.2, -0.15) is 18.2 Å². The topological polar surface area (TPSA) is 35.6 Å². The number of benzene rings is 8. The number of hydrogen-bond acceptors (Lipinski definition) is 2. The van der Waals surface area contributed by atoms with E-state index in [1.165, 1.54) is 5.56 Å². The number of para-hydroxylation sites is 2. The minimum atomic E-state index is -0.0633. The first-order valence-corrected chi connectivity index (χ1v) is 21.6. The molecule has 0 bridgehead atoms. The predicted molar refractivity (Wildman–Crippen MR) is 261 cm³/mol. The number of nitrogens with zero attached hydrogens (tertiary/aromatic N) is 4. The summed E-state index contributed by atoms with van der Waals surface area (Å²) in [6, 6.07) is 75.9. The molecule has 0 aliphatic rings. The normalized spacial score (nSPS) is 11.6. The van der Waals surface area contributed by atoms with Crippen LogP contribution in [0.2, 0.25) is 0 Å². The number of fused-ring (bicyclic) bond motifs is 4. The summed E-state index contributed by atoms with van der Waals surface area (Å²) in [5.41, 5.74) is 17.7. The van der Waals surface area contributed by atoms with Gasteiger partial charge in [0.2, 0.25) is 5.95 Å². The third-order valence-corrected chi connectivity index (χ3v) is 12.4. The second-order valence-corrected chi connectivity index (χ2v) is 17.3. The van der Waals surface area contributed by atoms with E-state index in [-0.39, 0.29) is 26.5 Å². The van der Waals surface area contributed by atoms with Gasteiger partial charge >= 0.3 is 21.1 Å². The molecule has 0 unspecified atom stereocenters. The first-order valence-electron chi connectivity index (χ1n) is 21.6. The molecule has 0 fully saturated rings. The van der Waals surface area contributed by atoms with Crippen LogP contribution in [-0.4, -0.2) is 19.1 Å². The summed E-state index contributed by atoms with van der Waals surface area (Å²) in [4.78, 5) is 11.3. The summed E-state index contributed by atoms with van der Waals surface area (Å²) in [7, 11) is 0. The predicted octanol–water partition coefficient (Wildman–Crippen LogP) is 15.1. The SMILES string of the molecule is Cc1c(-c2ccccc2)cc(-c2cccc3c2nc(-n2c4[c-]ccc(-c5ccccc5)c4c4ccccc42)n3-c2ccc(C(C)(C)C)cc2-c2ccccc2)nc1-c1[c-]cccc1.[Pt+2]. The van der Waals surface area contributed by atoms with Crippen molar-refractivity contribution >= 4 is 32.8 Å². The van der Waals surface area contributed by atoms with Crippen molar-refractivity contribution in [1.82, 2.24) is 19.1 Å². The summed E-state index contributed by atoms with van der Waals surface area (Å²) in [6.45, 7) is 8.99. The molecule has 0 saturated carbocycles. The van der Waals surface area contributed by atoms with Crippen molar-refractivity contribution in [2.75, 3.05) is 0 Å². The molecule has 0 N–H and O–H groups in total. The van der Waals surface area contributed by atoms with Gasteiger partial charge in [-0.15, -0.1) is 41.5 Å². The van der Waals surface area contributed by atoms with Crippen molar-refractivity contribution in [3.63, 3.8) is 0 Å². The van der Waals surface area contributed by atoms with Gasteiger partial charge in [-0.1, -0.05) is 165 Å². The quantitative estimate of drug-likeness (QED) is 0.149. The molecule has 0 aliphatic heterocycles. The number of imidazole rings is 1. The van der Waals surface area contributed by atoms with E-state index < -0.39 is 0 Å². The fourth-order valence-corrected chi connectivity index (χ4v) is 9.20. The van der Waals surface area contributed by atoms with Crippen LogP contribution in [0.1, 0.15) is 31.9 Å². The second-order valence-electron chi connectivity index (χ2n) is 17.3. The van der Waals surface area contributed by atoms with Crippen LogP contribution in [0.25, 0.3) is 100 Å². The van der Waals surface area contributed by atoms with Crippen LogP contribution in [0.5, 0.6) is 0 Å².